The molecule has 0 radical (unpaired) electrons. The topological polar surface area (TPSA) is 35.6 Å². The van der Waals surface area contributed by atoms with Crippen LogP contribution < -0.4 is 5.32 Å². The van der Waals surface area contributed by atoms with Gasteiger partial charge in [-0.2, -0.15) is 0 Å². The lowest BCUT2D eigenvalue weighted by molar-refractivity contribution is 0.0581. The van der Waals surface area contributed by atoms with Crippen LogP contribution in [0.3, 0.4) is 0 Å². The Hall–Kier alpha value is -1.17. The van der Waals surface area contributed by atoms with Crippen LogP contribution in [0.15, 0.2) is 24.3 Å². The summed E-state index contributed by atoms with van der Waals surface area (Å²) >= 11 is 0. The predicted molar refractivity (Wildman–Crippen MR) is 91.6 cm³/mol. The molecule has 3 rings (SSSR count). The smallest absolute Gasteiger partial charge is 0.253 e. The van der Waals surface area contributed by atoms with Gasteiger partial charge in [-0.3, -0.25) is 9.69 Å². The van der Waals surface area contributed by atoms with Crippen LogP contribution >= 0.6 is 12.4 Å². The van der Waals surface area contributed by atoms with E-state index in [9.17, 15) is 9.18 Å². The lowest BCUT2D eigenvalue weighted by Crippen LogP contribution is -2.51. The van der Waals surface area contributed by atoms with E-state index in [4.69, 9.17) is 0 Å². The number of carbonyl (C=O) groups is 1. The second kappa shape index (κ2) is 7.60. The van der Waals surface area contributed by atoms with Crippen LogP contribution in [0.25, 0.3) is 0 Å². The molecular formula is C17H25ClFN3O. The Morgan fingerprint density at radius 3 is 2.43 bits per heavy atom. The summed E-state index contributed by atoms with van der Waals surface area (Å²) in [5, 5.41) is 3.43. The number of hydrogen-bond donors (Lipinski definition) is 1. The van der Waals surface area contributed by atoms with E-state index in [1.54, 1.807) is 12.1 Å². The van der Waals surface area contributed by atoms with Crippen molar-refractivity contribution in [3.05, 3.63) is 35.6 Å². The quantitative estimate of drug-likeness (QED) is 0.913. The van der Waals surface area contributed by atoms with Gasteiger partial charge in [0.05, 0.1) is 0 Å². The van der Waals surface area contributed by atoms with Crippen molar-refractivity contribution in [2.45, 2.75) is 13.3 Å². The monoisotopic (exact) mass is 341 g/mol. The van der Waals surface area contributed by atoms with Gasteiger partial charge in [-0.25, -0.2) is 4.39 Å². The Morgan fingerprint density at radius 2 is 1.87 bits per heavy atom. The molecule has 0 saturated carbocycles. The van der Waals surface area contributed by atoms with Crippen molar-refractivity contribution in [3.63, 3.8) is 0 Å². The minimum atomic E-state index is -0.306. The maximum atomic E-state index is 12.9. The van der Waals surface area contributed by atoms with Crippen LogP contribution in [-0.4, -0.2) is 61.5 Å². The van der Waals surface area contributed by atoms with Crippen molar-refractivity contribution < 1.29 is 9.18 Å². The van der Waals surface area contributed by atoms with Crippen LogP contribution in [0.5, 0.6) is 0 Å². The number of rotatable bonds is 3. The molecule has 0 bridgehead atoms. The fourth-order valence-electron chi connectivity index (χ4n) is 3.43. The highest BCUT2D eigenvalue weighted by Crippen LogP contribution is 2.26. The Kier molecular flexibility index (Phi) is 6.00. The first-order chi connectivity index (χ1) is 10.6. The van der Waals surface area contributed by atoms with Crippen LogP contribution in [0.4, 0.5) is 4.39 Å². The molecule has 128 valence electrons. The lowest BCUT2D eigenvalue weighted by atomic mass is 9.89. The summed E-state index contributed by atoms with van der Waals surface area (Å²) < 4.78 is 12.9. The van der Waals surface area contributed by atoms with Gasteiger partial charge in [0, 0.05) is 44.8 Å². The number of hydrogen-bond acceptors (Lipinski definition) is 3. The maximum Gasteiger partial charge on any atom is 0.253 e. The van der Waals surface area contributed by atoms with Gasteiger partial charge in [0.2, 0.25) is 0 Å². The van der Waals surface area contributed by atoms with Gasteiger partial charge in [0.25, 0.3) is 5.91 Å². The third-order valence-corrected chi connectivity index (χ3v) is 4.81. The molecule has 1 amide bonds. The number of piperazine rings is 1. The summed E-state index contributed by atoms with van der Waals surface area (Å²) in [6.07, 6.45) is 1.22. The molecule has 2 fully saturated rings. The average molecular weight is 342 g/mol. The zero-order valence-corrected chi connectivity index (χ0v) is 14.4. The van der Waals surface area contributed by atoms with E-state index < -0.39 is 0 Å². The Morgan fingerprint density at radius 1 is 1.22 bits per heavy atom. The highest BCUT2D eigenvalue weighted by atomic mass is 35.5. The molecule has 6 heteroatoms. The van der Waals surface area contributed by atoms with Gasteiger partial charge in [0.1, 0.15) is 5.82 Å². The zero-order valence-electron chi connectivity index (χ0n) is 13.6. The molecule has 1 N–H and O–H groups in total. The summed E-state index contributed by atoms with van der Waals surface area (Å²) in [5.74, 6) is -0.298. The van der Waals surface area contributed by atoms with Crippen LogP contribution in [-0.2, 0) is 0 Å². The number of amides is 1. The molecule has 0 aliphatic carbocycles. The van der Waals surface area contributed by atoms with Crippen molar-refractivity contribution in [2.24, 2.45) is 5.41 Å². The van der Waals surface area contributed by atoms with Crippen molar-refractivity contribution in [3.8, 4) is 0 Å². The van der Waals surface area contributed by atoms with Gasteiger partial charge < -0.3 is 10.2 Å². The van der Waals surface area contributed by atoms with Crippen molar-refractivity contribution >= 4 is 18.3 Å². The SMILES string of the molecule is CC1(CN2CCN(C(=O)c3ccc(F)cc3)CC2)CCNC1.Cl. The summed E-state index contributed by atoms with van der Waals surface area (Å²) in [4.78, 5) is 16.7. The van der Waals surface area contributed by atoms with Gasteiger partial charge in [-0.15, -0.1) is 12.4 Å². The molecule has 2 aliphatic heterocycles. The first-order valence-electron chi connectivity index (χ1n) is 8.04. The molecule has 0 aromatic heterocycles. The first kappa shape index (κ1) is 18.2. The summed E-state index contributed by atoms with van der Waals surface area (Å²) in [7, 11) is 0. The molecule has 2 heterocycles. The minimum Gasteiger partial charge on any atom is -0.336 e. The van der Waals surface area contributed by atoms with Crippen LogP contribution in [0.2, 0.25) is 0 Å². The average Bonchev–Trinajstić information content (AvgIpc) is 2.94. The number of nitrogens with one attached hydrogen (secondary N) is 1. The number of benzene rings is 1. The highest BCUT2D eigenvalue weighted by molar-refractivity contribution is 5.94. The van der Waals surface area contributed by atoms with E-state index in [0.29, 0.717) is 11.0 Å². The van der Waals surface area contributed by atoms with Gasteiger partial charge in [0.15, 0.2) is 0 Å². The first-order valence-corrected chi connectivity index (χ1v) is 8.04. The number of carbonyl (C=O) groups excluding carboxylic acids is 1. The van der Waals surface area contributed by atoms with Crippen molar-refractivity contribution in [2.75, 3.05) is 45.8 Å². The second-order valence-electron chi connectivity index (χ2n) is 6.81. The minimum absolute atomic E-state index is 0. The molecule has 1 atom stereocenters. The largest absolute Gasteiger partial charge is 0.336 e. The predicted octanol–water partition coefficient (Wildman–Crippen LogP) is 2.00. The van der Waals surface area contributed by atoms with E-state index in [1.807, 2.05) is 4.90 Å². The van der Waals surface area contributed by atoms with Crippen molar-refractivity contribution in [1.29, 1.82) is 0 Å². The highest BCUT2D eigenvalue weighted by Gasteiger charge is 2.32. The maximum absolute atomic E-state index is 12.9. The standard InChI is InChI=1S/C17H24FN3O.ClH/c1-17(6-7-19-12-17)13-20-8-10-21(11-9-20)16(22)14-2-4-15(18)5-3-14;/h2-5,19H,6-13H2,1H3;1H. The molecule has 1 aromatic carbocycles. The van der Waals surface area contributed by atoms with Gasteiger partial charge in [-0.1, -0.05) is 6.92 Å². The Bertz CT molecular complexity index is 523. The number of nitrogens with zero attached hydrogens (tertiary/aromatic N) is 2. The van der Waals surface area contributed by atoms with E-state index in [1.165, 1.54) is 18.6 Å². The fraction of sp³-hybridized carbons (Fsp3) is 0.588. The molecule has 2 saturated heterocycles. The molecular weight excluding hydrogens is 317 g/mol. The second-order valence-corrected chi connectivity index (χ2v) is 6.81. The zero-order chi connectivity index (χ0) is 15.6. The lowest BCUT2D eigenvalue weighted by Gasteiger charge is -2.38. The molecule has 0 spiro atoms. The summed E-state index contributed by atoms with van der Waals surface area (Å²) in [6.45, 7) is 8.97. The van der Waals surface area contributed by atoms with E-state index in [0.717, 1.165) is 45.8 Å². The molecule has 1 unspecified atom stereocenters. The van der Waals surface area contributed by atoms with E-state index in [-0.39, 0.29) is 24.1 Å². The third-order valence-electron chi connectivity index (χ3n) is 4.81. The van der Waals surface area contributed by atoms with Crippen molar-refractivity contribution in [1.82, 2.24) is 15.1 Å². The van der Waals surface area contributed by atoms with Crippen LogP contribution in [0.1, 0.15) is 23.7 Å². The van der Waals surface area contributed by atoms with Gasteiger partial charge >= 0.3 is 0 Å². The Balaban J connectivity index is 0.00000192. The molecule has 4 nitrogen and oxygen atoms in total. The van der Waals surface area contributed by atoms with Gasteiger partial charge in [-0.05, 0) is 42.6 Å². The summed E-state index contributed by atoms with van der Waals surface area (Å²) in [6, 6.07) is 5.82. The molecule has 23 heavy (non-hydrogen) atoms. The normalized spacial score (nSPS) is 25.2. The van der Waals surface area contributed by atoms with E-state index >= 15 is 0 Å². The Labute approximate surface area is 143 Å². The fourth-order valence-corrected chi connectivity index (χ4v) is 3.43. The molecule has 2 aliphatic rings. The summed E-state index contributed by atoms with van der Waals surface area (Å²) in [5.41, 5.74) is 0.935. The molecule has 1 aromatic rings. The third kappa shape index (κ3) is 4.43. The van der Waals surface area contributed by atoms with E-state index in [2.05, 4.69) is 17.1 Å². The number of halogens is 2. The van der Waals surface area contributed by atoms with Crippen LogP contribution in [0, 0.1) is 11.2 Å².